The van der Waals surface area contributed by atoms with Gasteiger partial charge in [-0.2, -0.15) is 11.8 Å². The zero-order valence-electron chi connectivity index (χ0n) is 9.10. The van der Waals surface area contributed by atoms with E-state index in [0.29, 0.717) is 0 Å². The molecule has 82 valence electrons. The molecule has 0 amide bonds. The standard InChI is InChI=1S/C13H14N2S/c1-2-4-12-11(3-1)5-6-14-13(12)15-7-9-16-10-8-15/h1-6H,7-10H2. The molecule has 1 aromatic carbocycles. The number of hydrogen-bond acceptors (Lipinski definition) is 3. The van der Waals surface area contributed by atoms with Crippen molar-refractivity contribution in [2.24, 2.45) is 0 Å². The van der Waals surface area contributed by atoms with Gasteiger partial charge in [0.05, 0.1) is 0 Å². The lowest BCUT2D eigenvalue weighted by Gasteiger charge is -2.28. The Morgan fingerprint density at radius 1 is 1.06 bits per heavy atom. The molecule has 0 saturated carbocycles. The van der Waals surface area contributed by atoms with Gasteiger partial charge in [0.2, 0.25) is 0 Å². The van der Waals surface area contributed by atoms with E-state index in [-0.39, 0.29) is 0 Å². The molecule has 0 atom stereocenters. The lowest BCUT2D eigenvalue weighted by Crippen LogP contribution is -2.33. The molecule has 0 aliphatic carbocycles. The number of aromatic nitrogens is 1. The van der Waals surface area contributed by atoms with Crippen molar-refractivity contribution >= 4 is 28.4 Å². The third-order valence-corrected chi connectivity index (χ3v) is 3.91. The maximum atomic E-state index is 4.55. The SMILES string of the molecule is c1ccc2c(N3CCSCC3)nccc2c1. The van der Waals surface area contributed by atoms with Gasteiger partial charge >= 0.3 is 0 Å². The van der Waals surface area contributed by atoms with Gasteiger partial charge in [-0.3, -0.25) is 0 Å². The Labute approximate surface area is 99.7 Å². The molecule has 3 rings (SSSR count). The summed E-state index contributed by atoms with van der Waals surface area (Å²) >= 11 is 2.03. The second kappa shape index (κ2) is 4.34. The van der Waals surface area contributed by atoms with E-state index < -0.39 is 0 Å². The predicted octanol–water partition coefficient (Wildman–Crippen LogP) is 2.79. The minimum Gasteiger partial charge on any atom is -0.354 e. The van der Waals surface area contributed by atoms with Gasteiger partial charge in [0.25, 0.3) is 0 Å². The fourth-order valence-corrected chi connectivity index (χ4v) is 3.03. The number of fused-ring (bicyclic) bond motifs is 1. The molecule has 0 N–H and O–H groups in total. The van der Waals surface area contributed by atoms with Crippen LogP contribution in [0.4, 0.5) is 5.82 Å². The Hall–Kier alpha value is -1.22. The van der Waals surface area contributed by atoms with Crippen molar-refractivity contribution in [2.45, 2.75) is 0 Å². The number of thioether (sulfide) groups is 1. The zero-order chi connectivity index (χ0) is 10.8. The summed E-state index contributed by atoms with van der Waals surface area (Å²) in [6, 6.07) is 10.6. The van der Waals surface area contributed by atoms with Crippen molar-refractivity contribution in [3.8, 4) is 0 Å². The zero-order valence-corrected chi connectivity index (χ0v) is 9.91. The summed E-state index contributed by atoms with van der Waals surface area (Å²) in [6.45, 7) is 2.23. The lowest BCUT2D eigenvalue weighted by molar-refractivity contribution is 0.845. The molecule has 2 aromatic rings. The van der Waals surface area contributed by atoms with Gasteiger partial charge < -0.3 is 4.90 Å². The van der Waals surface area contributed by atoms with Crippen LogP contribution in [0.2, 0.25) is 0 Å². The van der Waals surface area contributed by atoms with Crippen LogP contribution in [0.15, 0.2) is 36.5 Å². The maximum absolute atomic E-state index is 4.55. The minimum atomic E-state index is 1.12. The monoisotopic (exact) mass is 230 g/mol. The van der Waals surface area contributed by atoms with E-state index in [1.165, 1.54) is 22.3 Å². The normalized spacial score (nSPS) is 16.6. The summed E-state index contributed by atoms with van der Waals surface area (Å²) in [7, 11) is 0. The summed E-state index contributed by atoms with van der Waals surface area (Å²) in [6.07, 6.45) is 1.92. The van der Waals surface area contributed by atoms with Crippen LogP contribution in [-0.2, 0) is 0 Å². The second-order valence-corrected chi connectivity index (χ2v) is 5.18. The Balaban J connectivity index is 2.08. The molecular weight excluding hydrogens is 216 g/mol. The number of anilines is 1. The van der Waals surface area contributed by atoms with Crippen LogP contribution >= 0.6 is 11.8 Å². The minimum absolute atomic E-state index is 1.12. The van der Waals surface area contributed by atoms with Crippen LogP contribution in [0.5, 0.6) is 0 Å². The lowest BCUT2D eigenvalue weighted by atomic mass is 10.1. The third kappa shape index (κ3) is 1.76. The molecule has 0 unspecified atom stereocenters. The van der Waals surface area contributed by atoms with E-state index in [0.717, 1.165) is 18.9 Å². The molecular formula is C13H14N2S. The molecule has 2 heterocycles. The van der Waals surface area contributed by atoms with Crippen LogP contribution in [0.3, 0.4) is 0 Å². The number of rotatable bonds is 1. The van der Waals surface area contributed by atoms with Gasteiger partial charge in [-0.15, -0.1) is 0 Å². The van der Waals surface area contributed by atoms with Gasteiger partial charge in [0.15, 0.2) is 0 Å². The molecule has 0 radical (unpaired) electrons. The molecule has 0 spiro atoms. The van der Waals surface area contributed by atoms with Gasteiger partial charge in [-0.25, -0.2) is 4.98 Å². The number of nitrogens with zero attached hydrogens (tertiary/aromatic N) is 2. The highest BCUT2D eigenvalue weighted by molar-refractivity contribution is 7.99. The smallest absolute Gasteiger partial charge is 0.136 e. The van der Waals surface area contributed by atoms with E-state index in [9.17, 15) is 0 Å². The molecule has 2 nitrogen and oxygen atoms in total. The van der Waals surface area contributed by atoms with E-state index in [1.807, 2.05) is 18.0 Å². The van der Waals surface area contributed by atoms with Crippen LogP contribution in [-0.4, -0.2) is 29.6 Å². The molecule has 1 aromatic heterocycles. The Morgan fingerprint density at radius 3 is 2.75 bits per heavy atom. The van der Waals surface area contributed by atoms with Crippen LogP contribution in [0.25, 0.3) is 10.8 Å². The average Bonchev–Trinajstić information content (AvgIpc) is 2.39. The van der Waals surface area contributed by atoms with Crippen molar-refractivity contribution in [3.63, 3.8) is 0 Å². The highest BCUT2D eigenvalue weighted by atomic mass is 32.2. The highest BCUT2D eigenvalue weighted by Gasteiger charge is 2.14. The highest BCUT2D eigenvalue weighted by Crippen LogP contribution is 2.25. The van der Waals surface area contributed by atoms with E-state index in [4.69, 9.17) is 0 Å². The first-order chi connectivity index (χ1) is 7.95. The van der Waals surface area contributed by atoms with Crippen LogP contribution < -0.4 is 4.90 Å². The number of hydrogen-bond donors (Lipinski definition) is 0. The predicted molar refractivity (Wildman–Crippen MR) is 71.3 cm³/mol. The first-order valence-electron chi connectivity index (χ1n) is 5.61. The molecule has 0 bridgehead atoms. The van der Waals surface area contributed by atoms with Crippen molar-refractivity contribution in [2.75, 3.05) is 29.5 Å². The van der Waals surface area contributed by atoms with E-state index in [1.54, 1.807) is 0 Å². The topological polar surface area (TPSA) is 16.1 Å². The number of benzene rings is 1. The first kappa shape index (κ1) is 9.97. The molecule has 1 aliphatic rings. The van der Waals surface area contributed by atoms with Gasteiger partial charge in [0, 0.05) is 36.2 Å². The van der Waals surface area contributed by atoms with E-state index in [2.05, 4.69) is 40.2 Å². The molecule has 1 fully saturated rings. The van der Waals surface area contributed by atoms with E-state index >= 15 is 0 Å². The van der Waals surface area contributed by atoms with Gasteiger partial charge in [0.1, 0.15) is 5.82 Å². The van der Waals surface area contributed by atoms with Gasteiger partial charge in [-0.05, 0) is 11.5 Å². The summed E-state index contributed by atoms with van der Waals surface area (Å²) in [5.41, 5.74) is 0. The summed E-state index contributed by atoms with van der Waals surface area (Å²) < 4.78 is 0. The van der Waals surface area contributed by atoms with Crippen molar-refractivity contribution in [1.82, 2.24) is 4.98 Å². The third-order valence-electron chi connectivity index (χ3n) is 2.96. The summed E-state index contributed by atoms with van der Waals surface area (Å²) in [4.78, 5) is 6.95. The van der Waals surface area contributed by atoms with Crippen molar-refractivity contribution < 1.29 is 0 Å². The largest absolute Gasteiger partial charge is 0.354 e. The number of pyridine rings is 1. The fraction of sp³-hybridized carbons (Fsp3) is 0.308. The molecule has 16 heavy (non-hydrogen) atoms. The summed E-state index contributed by atoms with van der Waals surface area (Å²) in [5.74, 6) is 3.58. The molecule has 1 aliphatic heterocycles. The average molecular weight is 230 g/mol. The maximum Gasteiger partial charge on any atom is 0.136 e. The second-order valence-electron chi connectivity index (χ2n) is 3.96. The Morgan fingerprint density at radius 2 is 1.88 bits per heavy atom. The summed E-state index contributed by atoms with van der Waals surface area (Å²) in [5, 5.41) is 2.56. The van der Waals surface area contributed by atoms with Gasteiger partial charge in [-0.1, -0.05) is 24.3 Å². The van der Waals surface area contributed by atoms with Crippen LogP contribution in [0.1, 0.15) is 0 Å². The molecule has 1 saturated heterocycles. The van der Waals surface area contributed by atoms with Crippen molar-refractivity contribution in [1.29, 1.82) is 0 Å². The van der Waals surface area contributed by atoms with Crippen molar-refractivity contribution in [3.05, 3.63) is 36.5 Å². The Kier molecular flexibility index (Phi) is 2.70. The Bertz CT molecular complexity index is 487. The fourth-order valence-electron chi connectivity index (χ4n) is 2.13. The quantitative estimate of drug-likeness (QED) is 0.749. The first-order valence-corrected chi connectivity index (χ1v) is 6.77. The van der Waals surface area contributed by atoms with Crippen LogP contribution in [0, 0.1) is 0 Å². The molecule has 3 heteroatoms.